The van der Waals surface area contributed by atoms with Gasteiger partial charge in [0.1, 0.15) is 18.1 Å². The van der Waals surface area contributed by atoms with Crippen LogP contribution in [0, 0.1) is 6.92 Å². The molecule has 116 valence electrons. The van der Waals surface area contributed by atoms with E-state index in [1.807, 2.05) is 69.6 Å². The van der Waals surface area contributed by atoms with Crippen LogP contribution in [-0.2, 0) is 0 Å². The zero-order chi connectivity index (χ0) is 15.9. The molecule has 0 amide bonds. The van der Waals surface area contributed by atoms with Gasteiger partial charge in [-0.3, -0.25) is 0 Å². The third-order valence-corrected chi connectivity index (χ3v) is 3.34. The molecular weight excluding hydrogens is 296 g/mol. The highest BCUT2D eigenvalue weighted by atomic mass is 35.5. The fraction of sp³-hybridized carbons (Fsp3) is 0.278. The molecule has 1 aromatic carbocycles. The third-order valence-electron chi connectivity index (χ3n) is 3.10. The van der Waals surface area contributed by atoms with Gasteiger partial charge in [0.15, 0.2) is 0 Å². The number of hydrogen-bond acceptors (Lipinski definition) is 3. The Morgan fingerprint density at radius 3 is 2.73 bits per heavy atom. The number of ether oxygens (including phenoxy) is 1. The van der Waals surface area contributed by atoms with Gasteiger partial charge in [0.25, 0.3) is 0 Å². The molecule has 3 nitrogen and oxygen atoms in total. The largest absolute Gasteiger partial charge is 0.490 e. The number of hydrogen-bond donors (Lipinski definition) is 0. The topological polar surface area (TPSA) is 25.4 Å². The van der Waals surface area contributed by atoms with E-state index in [9.17, 15) is 0 Å². The van der Waals surface area contributed by atoms with E-state index >= 15 is 0 Å². The minimum absolute atomic E-state index is 0.635. The van der Waals surface area contributed by atoms with Crippen molar-refractivity contribution < 1.29 is 4.74 Å². The average molecular weight is 317 g/mol. The number of rotatable bonds is 6. The van der Waals surface area contributed by atoms with Crippen molar-refractivity contribution in [3.05, 3.63) is 58.4 Å². The molecule has 0 N–H and O–H groups in total. The third kappa shape index (κ3) is 5.17. The number of nitrogens with zero attached hydrogens (tertiary/aromatic N) is 2. The quantitative estimate of drug-likeness (QED) is 0.800. The molecule has 0 unspecified atom stereocenters. The zero-order valence-corrected chi connectivity index (χ0v) is 14.0. The molecule has 0 saturated heterocycles. The van der Waals surface area contributed by atoms with E-state index in [0.717, 1.165) is 34.3 Å². The van der Waals surface area contributed by atoms with Gasteiger partial charge in [0.2, 0.25) is 0 Å². The maximum Gasteiger partial charge on any atom is 0.145 e. The predicted molar refractivity (Wildman–Crippen MR) is 93.4 cm³/mol. The van der Waals surface area contributed by atoms with Crippen LogP contribution >= 0.6 is 11.6 Å². The van der Waals surface area contributed by atoms with Crippen LogP contribution in [-0.4, -0.2) is 37.1 Å². The highest BCUT2D eigenvalue weighted by molar-refractivity contribution is 6.30. The lowest BCUT2D eigenvalue weighted by Crippen LogP contribution is -2.19. The van der Waals surface area contributed by atoms with E-state index in [2.05, 4.69) is 9.88 Å². The first-order valence-corrected chi connectivity index (χ1v) is 7.61. The maximum atomic E-state index is 6.00. The van der Waals surface area contributed by atoms with Crippen LogP contribution in [0.5, 0.6) is 5.75 Å². The van der Waals surface area contributed by atoms with E-state index in [4.69, 9.17) is 16.3 Å². The number of likely N-dealkylation sites (N-methyl/N-ethyl adjacent to an activating group) is 1. The van der Waals surface area contributed by atoms with Crippen LogP contribution in [0.4, 0.5) is 0 Å². The summed E-state index contributed by atoms with van der Waals surface area (Å²) >= 11 is 6.00. The SMILES string of the molecule is Cc1ccc(OCCN(C)C)c(/C=C/c2cccc(Cl)c2)n1. The van der Waals surface area contributed by atoms with Crippen LogP contribution in [0.3, 0.4) is 0 Å². The van der Waals surface area contributed by atoms with E-state index in [-0.39, 0.29) is 0 Å². The summed E-state index contributed by atoms with van der Waals surface area (Å²) in [6, 6.07) is 11.6. The second kappa shape index (κ2) is 7.97. The smallest absolute Gasteiger partial charge is 0.145 e. The first kappa shape index (κ1) is 16.5. The van der Waals surface area contributed by atoms with Gasteiger partial charge in [-0.25, -0.2) is 4.98 Å². The van der Waals surface area contributed by atoms with Crippen molar-refractivity contribution in [1.29, 1.82) is 0 Å². The number of pyridine rings is 1. The Hall–Kier alpha value is -1.84. The molecular formula is C18H21ClN2O. The summed E-state index contributed by atoms with van der Waals surface area (Å²) in [6.07, 6.45) is 3.95. The lowest BCUT2D eigenvalue weighted by molar-refractivity contribution is 0.260. The summed E-state index contributed by atoms with van der Waals surface area (Å²) < 4.78 is 5.83. The number of benzene rings is 1. The van der Waals surface area contributed by atoms with Crippen molar-refractivity contribution in [2.75, 3.05) is 27.2 Å². The Balaban J connectivity index is 2.16. The maximum absolute atomic E-state index is 6.00. The van der Waals surface area contributed by atoms with Crippen LogP contribution < -0.4 is 4.74 Å². The summed E-state index contributed by atoms with van der Waals surface area (Å²) in [5, 5.41) is 0.724. The highest BCUT2D eigenvalue weighted by Crippen LogP contribution is 2.20. The molecule has 0 fully saturated rings. The highest BCUT2D eigenvalue weighted by Gasteiger charge is 2.03. The van der Waals surface area contributed by atoms with Gasteiger partial charge >= 0.3 is 0 Å². The fourth-order valence-electron chi connectivity index (χ4n) is 1.93. The lowest BCUT2D eigenvalue weighted by Gasteiger charge is -2.12. The standard InChI is InChI=1S/C18H21ClN2O/c1-14-7-10-18(22-12-11-21(2)3)17(20-14)9-8-15-5-4-6-16(19)13-15/h4-10,13H,11-12H2,1-3H3/b9-8+. The van der Waals surface area contributed by atoms with Gasteiger partial charge in [-0.05, 0) is 56.9 Å². The lowest BCUT2D eigenvalue weighted by atomic mass is 10.2. The average Bonchev–Trinajstić information content (AvgIpc) is 2.47. The number of halogens is 1. The molecule has 0 saturated carbocycles. The molecule has 0 atom stereocenters. The first-order valence-electron chi connectivity index (χ1n) is 7.23. The van der Waals surface area contributed by atoms with Crippen molar-refractivity contribution >= 4 is 23.8 Å². The Morgan fingerprint density at radius 2 is 2.00 bits per heavy atom. The molecule has 1 aromatic heterocycles. The second-order valence-electron chi connectivity index (χ2n) is 5.38. The monoisotopic (exact) mass is 316 g/mol. The Bertz CT molecular complexity index is 653. The molecule has 1 heterocycles. The molecule has 0 aliphatic rings. The zero-order valence-electron chi connectivity index (χ0n) is 13.2. The fourth-order valence-corrected chi connectivity index (χ4v) is 2.13. The summed E-state index contributed by atoms with van der Waals surface area (Å²) in [6.45, 7) is 3.47. The minimum atomic E-state index is 0.635. The van der Waals surface area contributed by atoms with Crippen molar-refractivity contribution in [2.24, 2.45) is 0 Å². The molecule has 4 heteroatoms. The Morgan fingerprint density at radius 1 is 1.18 bits per heavy atom. The molecule has 0 spiro atoms. The summed E-state index contributed by atoms with van der Waals surface area (Å²) in [5.74, 6) is 0.797. The molecule has 0 radical (unpaired) electrons. The van der Waals surface area contributed by atoms with E-state index in [1.165, 1.54) is 0 Å². The van der Waals surface area contributed by atoms with Gasteiger partial charge in [0, 0.05) is 17.3 Å². The molecule has 2 aromatic rings. The predicted octanol–water partition coefficient (Wildman–Crippen LogP) is 4.15. The van der Waals surface area contributed by atoms with E-state index in [0.29, 0.717) is 6.61 Å². The van der Waals surface area contributed by atoms with E-state index in [1.54, 1.807) is 0 Å². The molecule has 2 rings (SSSR count). The first-order chi connectivity index (χ1) is 10.5. The van der Waals surface area contributed by atoms with Crippen LogP contribution in [0.2, 0.25) is 5.02 Å². The minimum Gasteiger partial charge on any atom is -0.490 e. The van der Waals surface area contributed by atoms with Gasteiger partial charge < -0.3 is 9.64 Å². The van der Waals surface area contributed by atoms with Gasteiger partial charge in [-0.2, -0.15) is 0 Å². The van der Waals surface area contributed by atoms with Crippen LogP contribution in [0.1, 0.15) is 17.0 Å². The van der Waals surface area contributed by atoms with E-state index < -0.39 is 0 Å². The van der Waals surface area contributed by atoms with Crippen molar-refractivity contribution in [3.63, 3.8) is 0 Å². The van der Waals surface area contributed by atoms with Gasteiger partial charge in [0.05, 0.1) is 0 Å². The Labute approximate surface area is 137 Å². The molecule has 0 aliphatic carbocycles. The number of aromatic nitrogens is 1. The molecule has 22 heavy (non-hydrogen) atoms. The van der Waals surface area contributed by atoms with Crippen molar-refractivity contribution in [2.45, 2.75) is 6.92 Å². The van der Waals surface area contributed by atoms with Crippen molar-refractivity contribution in [3.8, 4) is 5.75 Å². The second-order valence-corrected chi connectivity index (χ2v) is 5.81. The summed E-state index contributed by atoms with van der Waals surface area (Å²) in [5.41, 5.74) is 2.83. The normalized spacial score (nSPS) is 11.3. The molecule has 0 aliphatic heterocycles. The van der Waals surface area contributed by atoms with Crippen LogP contribution in [0.25, 0.3) is 12.2 Å². The van der Waals surface area contributed by atoms with Crippen LogP contribution in [0.15, 0.2) is 36.4 Å². The summed E-state index contributed by atoms with van der Waals surface area (Å²) in [7, 11) is 4.05. The summed E-state index contributed by atoms with van der Waals surface area (Å²) in [4.78, 5) is 6.64. The number of aryl methyl sites for hydroxylation is 1. The Kier molecular flexibility index (Phi) is 5.99. The molecule has 0 bridgehead atoms. The van der Waals surface area contributed by atoms with Gasteiger partial charge in [-0.1, -0.05) is 29.8 Å². The van der Waals surface area contributed by atoms with Crippen molar-refractivity contribution in [1.82, 2.24) is 9.88 Å². The van der Waals surface area contributed by atoms with Gasteiger partial charge in [-0.15, -0.1) is 0 Å².